The number of nitrogens with one attached hydrogen (secondary N) is 1. The lowest BCUT2D eigenvalue weighted by molar-refractivity contribution is 0.0644. The smallest absolute Gasteiger partial charge is 0.277 e. The number of furan rings is 1. The number of aromatic nitrogens is 2. The number of amides is 1. The molecule has 1 aliphatic rings. The van der Waals surface area contributed by atoms with Crippen LogP contribution in [0.1, 0.15) is 47.6 Å². The number of aromatic amines is 1. The first-order valence-electron chi connectivity index (χ1n) is 7.30. The summed E-state index contributed by atoms with van der Waals surface area (Å²) >= 11 is 0. The first-order chi connectivity index (χ1) is 10.2. The Morgan fingerprint density at radius 2 is 2.29 bits per heavy atom. The van der Waals surface area contributed by atoms with Gasteiger partial charge in [-0.3, -0.25) is 9.89 Å². The number of nitrogens with two attached hydrogens (primary N) is 1. The lowest BCUT2D eigenvalue weighted by Crippen LogP contribution is -2.38. The third-order valence-electron chi connectivity index (χ3n) is 4.13. The van der Waals surface area contributed by atoms with E-state index in [1.54, 1.807) is 6.26 Å². The fourth-order valence-corrected chi connectivity index (χ4v) is 2.89. The molecule has 0 spiro atoms. The van der Waals surface area contributed by atoms with Crippen molar-refractivity contribution >= 4 is 11.6 Å². The molecule has 2 heterocycles. The van der Waals surface area contributed by atoms with E-state index < -0.39 is 0 Å². The molecule has 21 heavy (non-hydrogen) atoms. The summed E-state index contributed by atoms with van der Waals surface area (Å²) in [7, 11) is 0. The second-order valence-electron chi connectivity index (χ2n) is 5.56. The number of nitrogens with zero attached hydrogens (tertiary/aromatic N) is 2. The summed E-state index contributed by atoms with van der Waals surface area (Å²) in [6, 6.07) is 3.95. The molecular weight excluding hydrogens is 268 g/mol. The van der Waals surface area contributed by atoms with Crippen molar-refractivity contribution in [1.82, 2.24) is 15.1 Å². The van der Waals surface area contributed by atoms with Crippen LogP contribution in [0.25, 0.3) is 0 Å². The summed E-state index contributed by atoms with van der Waals surface area (Å²) in [6.45, 7) is 2.27. The molecule has 6 nitrogen and oxygen atoms in total. The molecule has 3 N–H and O–H groups in total. The third-order valence-corrected chi connectivity index (χ3v) is 4.13. The van der Waals surface area contributed by atoms with Gasteiger partial charge in [-0.1, -0.05) is 12.8 Å². The number of hydrogen-bond acceptors (Lipinski definition) is 4. The highest BCUT2D eigenvalue weighted by atomic mass is 16.3. The Morgan fingerprint density at radius 3 is 2.86 bits per heavy atom. The van der Waals surface area contributed by atoms with Gasteiger partial charge in [-0.25, -0.2) is 0 Å². The van der Waals surface area contributed by atoms with E-state index in [1.165, 1.54) is 0 Å². The van der Waals surface area contributed by atoms with Gasteiger partial charge in [0.1, 0.15) is 5.76 Å². The number of aryl methyl sites for hydroxylation is 1. The standard InChI is InChI=1S/C15H20N4O2/c1-10-13(16)14(18-17-10)15(20)19(11-5-2-3-6-11)9-12-7-4-8-21-12/h4,7-8,11H,2-3,5-6,9,16H2,1H3,(H,17,18). The van der Waals surface area contributed by atoms with E-state index in [1.807, 2.05) is 24.0 Å². The van der Waals surface area contributed by atoms with Crippen molar-refractivity contribution in [1.29, 1.82) is 0 Å². The van der Waals surface area contributed by atoms with Crippen LogP contribution in [0, 0.1) is 6.92 Å². The van der Waals surface area contributed by atoms with Crippen LogP contribution >= 0.6 is 0 Å². The largest absolute Gasteiger partial charge is 0.467 e. The minimum absolute atomic E-state index is 0.125. The van der Waals surface area contributed by atoms with Gasteiger partial charge < -0.3 is 15.1 Å². The lowest BCUT2D eigenvalue weighted by Gasteiger charge is -2.27. The van der Waals surface area contributed by atoms with Gasteiger partial charge in [-0.05, 0) is 31.9 Å². The molecule has 0 aromatic carbocycles. The van der Waals surface area contributed by atoms with Crippen LogP contribution in [-0.4, -0.2) is 27.0 Å². The minimum Gasteiger partial charge on any atom is -0.467 e. The molecule has 0 radical (unpaired) electrons. The Bertz CT molecular complexity index is 612. The second-order valence-corrected chi connectivity index (χ2v) is 5.56. The van der Waals surface area contributed by atoms with E-state index in [0.29, 0.717) is 17.9 Å². The summed E-state index contributed by atoms with van der Waals surface area (Å²) in [5.41, 5.74) is 7.42. The van der Waals surface area contributed by atoms with E-state index in [0.717, 1.165) is 37.1 Å². The maximum absolute atomic E-state index is 12.8. The van der Waals surface area contributed by atoms with Gasteiger partial charge in [0.05, 0.1) is 24.2 Å². The monoisotopic (exact) mass is 288 g/mol. The van der Waals surface area contributed by atoms with Crippen molar-refractivity contribution in [3.05, 3.63) is 35.5 Å². The molecule has 0 atom stereocenters. The fraction of sp³-hybridized carbons (Fsp3) is 0.467. The normalized spacial score (nSPS) is 15.5. The van der Waals surface area contributed by atoms with Crippen molar-refractivity contribution in [2.24, 2.45) is 0 Å². The maximum Gasteiger partial charge on any atom is 0.277 e. The van der Waals surface area contributed by atoms with Gasteiger partial charge >= 0.3 is 0 Å². The van der Waals surface area contributed by atoms with Gasteiger partial charge in [0.15, 0.2) is 5.69 Å². The van der Waals surface area contributed by atoms with Crippen molar-refractivity contribution in [3.63, 3.8) is 0 Å². The average Bonchev–Trinajstić information content (AvgIpc) is 3.20. The molecule has 2 aromatic rings. The molecular formula is C15H20N4O2. The van der Waals surface area contributed by atoms with E-state index >= 15 is 0 Å². The van der Waals surface area contributed by atoms with Crippen LogP contribution < -0.4 is 5.73 Å². The molecule has 3 rings (SSSR count). The first-order valence-corrected chi connectivity index (χ1v) is 7.30. The van der Waals surface area contributed by atoms with Crippen LogP contribution in [0.3, 0.4) is 0 Å². The summed E-state index contributed by atoms with van der Waals surface area (Å²) in [5.74, 6) is 0.654. The number of anilines is 1. The van der Waals surface area contributed by atoms with Crippen LogP contribution in [0.15, 0.2) is 22.8 Å². The zero-order valence-corrected chi connectivity index (χ0v) is 12.1. The zero-order valence-electron chi connectivity index (χ0n) is 12.1. The van der Waals surface area contributed by atoms with E-state index in [4.69, 9.17) is 10.2 Å². The lowest BCUT2D eigenvalue weighted by atomic mass is 10.1. The highest BCUT2D eigenvalue weighted by Crippen LogP contribution is 2.27. The Kier molecular flexibility index (Phi) is 3.68. The number of H-pyrrole nitrogens is 1. The van der Waals surface area contributed by atoms with Gasteiger partial charge in [-0.15, -0.1) is 0 Å². The topological polar surface area (TPSA) is 88.2 Å². The van der Waals surface area contributed by atoms with E-state index in [9.17, 15) is 4.79 Å². The predicted octanol–water partition coefficient (Wildman–Crippen LogP) is 2.48. The summed E-state index contributed by atoms with van der Waals surface area (Å²) in [4.78, 5) is 14.7. The molecule has 0 aliphatic heterocycles. The average molecular weight is 288 g/mol. The molecule has 0 saturated heterocycles. The number of carbonyl (C=O) groups excluding carboxylic acids is 1. The number of nitrogen functional groups attached to an aromatic ring is 1. The second kappa shape index (κ2) is 5.63. The molecule has 2 aromatic heterocycles. The molecule has 0 unspecified atom stereocenters. The van der Waals surface area contributed by atoms with E-state index in [2.05, 4.69) is 10.2 Å². The summed E-state index contributed by atoms with van der Waals surface area (Å²) in [6.07, 6.45) is 5.98. The van der Waals surface area contributed by atoms with Crippen molar-refractivity contribution in [2.45, 2.75) is 45.2 Å². The molecule has 1 fully saturated rings. The summed E-state index contributed by atoms with van der Waals surface area (Å²) < 4.78 is 5.39. The van der Waals surface area contributed by atoms with Gasteiger partial charge in [0.25, 0.3) is 5.91 Å². The number of rotatable bonds is 4. The predicted molar refractivity (Wildman–Crippen MR) is 78.6 cm³/mol. The number of carbonyl (C=O) groups is 1. The van der Waals surface area contributed by atoms with Crippen LogP contribution in [0.4, 0.5) is 5.69 Å². The van der Waals surface area contributed by atoms with Crippen molar-refractivity contribution in [3.8, 4) is 0 Å². The summed E-state index contributed by atoms with van der Waals surface area (Å²) in [5, 5.41) is 6.84. The highest BCUT2D eigenvalue weighted by Gasteiger charge is 2.30. The molecule has 1 amide bonds. The number of hydrogen-bond donors (Lipinski definition) is 2. The quantitative estimate of drug-likeness (QED) is 0.904. The Balaban J connectivity index is 1.87. The molecule has 0 bridgehead atoms. The Hall–Kier alpha value is -2.24. The Labute approximate surface area is 123 Å². The zero-order chi connectivity index (χ0) is 14.8. The molecule has 1 saturated carbocycles. The molecule has 1 aliphatic carbocycles. The van der Waals surface area contributed by atoms with Crippen LogP contribution in [0.5, 0.6) is 0 Å². The van der Waals surface area contributed by atoms with Crippen molar-refractivity contribution < 1.29 is 9.21 Å². The van der Waals surface area contributed by atoms with Crippen LogP contribution in [-0.2, 0) is 6.54 Å². The van der Waals surface area contributed by atoms with Gasteiger partial charge in [0, 0.05) is 6.04 Å². The van der Waals surface area contributed by atoms with Crippen LogP contribution in [0.2, 0.25) is 0 Å². The van der Waals surface area contributed by atoms with Gasteiger partial charge in [0.2, 0.25) is 0 Å². The SMILES string of the molecule is Cc1[nH]nc(C(=O)N(Cc2ccco2)C2CCCC2)c1N. The van der Waals surface area contributed by atoms with Gasteiger partial charge in [-0.2, -0.15) is 5.10 Å². The molecule has 112 valence electrons. The maximum atomic E-state index is 12.8. The molecule has 6 heteroatoms. The fourth-order valence-electron chi connectivity index (χ4n) is 2.89. The van der Waals surface area contributed by atoms with Crippen molar-refractivity contribution in [2.75, 3.05) is 5.73 Å². The highest BCUT2D eigenvalue weighted by molar-refractivity contribution is 5.97. The first kappa shape index (κ1) is 13.7. The third kappa shape index (κ3) is 2.66. The Morgan fingerprint density at radius 1 is 1.52 bits per heavy atom. The minimum atomic E-state index is -0.125. The van der Waals surface area contributed by atoms with E-state index in [-0.39, 0.29) is 11.9 Å².